The molecule has 1 fully saturated rings. The smallest absolute Gasteiger partial charge is 0.309 e. The van der Waals surface area contributed by atoms with Gasteiger partial charge in [-0.25, -0.2) is 0 Å². The zero-order valence-corrected chi connectivity index (χ0v) is 13.2. The lowest BCUT2D eigenvalue weighted by Gasteiger charge is -2.34. The third-order valence-electron chi connectivity index (χ3n) is 3.64. The molecule has 7 heteroatoms. The van der Waals surface area contributed by atoms with Crippen LogP contribution in [0.15, 0.2) is 24.3 Å². The molecule has 1 saturated heterocycles. The molecule has 1 amide bonds. The van der Waals surface area contributed by atoms with Crippen molar-refractivity contribution in [2.75, 3.05) is 13.1 Å². The van der Waals surface area contributed by atoms with Gasteiger partial charge in [-0.3, -0.25) is 14.4 Å². The minimum Gasteiger partial charge on any atom is -0.481 e. The number of carbonyl (C=O) groups is 3. The molecule has 1 aromatic rings. The van der Waals surface area contributed by atoms with Gasteiger partial charge in [0, 0.05) is 16.7 Å². The van der Waals surface area contributed by atoms with Crippen molar-refractivity contribution in [2.45, 2.75) is 6.42 Å². The van der Waals surface area contributed by atoms with Gasteiger partial charge in [0.15, 0.2) is 0 Å². The predicted octanol–water partition coefficient (Wildman–Crippen LogP) is 1.54. The van der Waals surface area contributed by atoms with E-state index in [0.29, 0.717) is 5.56 Å². The third kappa shape index (κ3) is 3.34. The number of hydrogen-bond donors (Lipinski definition) is 2. The number of piperidine rings is 1. The average molecular weight is 403 g/mol. The highest BCUT2D eigenvalue weighted by Gasteiger charge is 2.40. The van der Waals surface area contributed by atoms with Crippen LogP contribution in [0.5, 0.6) is 0 Å². The molecule has 0 aromatic heterocycles. The SMILES string of the molecule is O=C(O)C1CCN(C(=O)c2ccccc2I)CC1C(=O)O. The van der Waals surface area contributed by atoms with Crippen molar-refractivity contribution in [3.05, 3.63) is 33.4 Å². The molecule has 2 rings (SSSR count). The first-order valence-corrected chi connectivity index (χ1v) is 7.49. The highest BCUT2D eigenvalue weighted by Crippen LogP contribution is 2.26. The summed E-state index contributed by atoms with van der Waals surface area (Å²) in [4.78, 5) is 36.2. The first kappa shape index (κ1) is 15.7. The molecule has 1 aliphatic rings. The number of carboxylic acids is 2. The van der Waals surface area contributed by atoms with Gasteiger partial charge in [-0.1, -0.05) is 12.1 Å². The highest BCUT2D eigenvalue weighted by molar-refractivity contribution is 14.1. The Morgan fingerprint density at radius 3 is 2.29 bits per heavy atom. The Balaban J connectivity index is 2.20. The van der Waals surface area contributed by atoms with Gasteiger partial charge >= 0.3 is 11.9 Å². The summed E-state index contributed by atoms with van der Waals surface area (Å²) < 4.78 is 0.785. The van der Waals surface area contributed by atoms with Crippen molar-refractivity contribution in [1.29, 1.82) is 0 Å². The lowest BCUT2D eigenvalue weighted by molar-refractivity contribution is -0.156. The van der Waals surface area contributed by atoms with Crippen LogP contribution in [0.2, 0.25) is 0 Å². The lowest BCUT2D eigenvalue weighted by atomic mass is 9.85. The van der Waals surface area contributed by atoms with Crippen molar-refractivity contribution >= 4 is 40.4 Å². The zero-order valence-electron chi connectivity index (χ0n) is 11.0. The van der Waals surface area contributed by atoms with E-state index in [1.54, 1.807) is 18.2 Å². The number of nitrogens with zero attached hydrogens (tertiary/aromatic N) is 1. The number of aliphatic carboxylic acids is 2. The largest absolute Gasteiger partial charge is 0.481 e. The van der Waals surface area contributed by atoms with Crippen LogP contribution in [0, 0.1) is 15.4 Å². The zero-order chi connectivity index (χ0) is 15.6. The summed E-state index contributed by atoms with van der Waals surface area (Å²) in [5.74, 6) is -4.57. The molecular weight excluding hydrogens is 389 g/mol. The Labute approximate surface area is 134 Å². The number of benzene rings is 1. The molecule has 1 aromatic carbocycles. The van der Waals surface area contributed by atoms with Crippen LogP contribution in [0.3, 0.4) is 0 Å². The maximum Gasteiger partial charge on any atom is 0.309 e. The van der Waals surface area contributed by atoms with Crippen molar-refractivity contribution in [2.24, 2.45) is 11.8 Å². The minimum absolute atomic E-state index is 0.0733. The van der Waals surface area contributed by atoms with Crippen LogP contribution in [-0.2, 0) is 9.59 Å². The highest BCUT2D eigenvalue weighted by atomic mass is 127. The Hall–Kier alpha value is -1.64. The Bertz CT molecular complexity index is 588. The van der Waals surface area contributed by atoms with E-state index in [-0.39, 0.29) is 25.4 Å². The van der Waals surface area contributed by atoms with Gasteiger partial charge in [-0.2, -0.15) is 0 Å². The molecule has 2 N–H and O–H groups in total. The molecular formula is C14H14INO5. The first-order chi connectivity index (χ1) is 9.91. The molecule has 6 nitrogen and oxygen atoms in total. The quantitative estimate of drug-likeness (QED) is 0.747. The fourth-order valence-corrected chi connectivity index (χ4v) is 3.11. The summed E-state index contributed by atoms with van der Waals surface area (Å²) in [6.45, 7) is 0.181. The summed E-state index contributed by atoms with van der Waals surface area (Å²) >= 11 is 2.05. The van der Waals surface area contributed by atoms with Crippen LogP contribution in [0.4, 0.5) is 0 Å². The standard InChI is InChI=1S/C14H14INO5/c15-11-4-2-1-3-9(11)12(17)16-6-5-8(13(18)19)10(7-16)14(20)21/h1-4,8,10H,5-7H2,(H,18,19)(H,20,21). The van der Waals surface area contributed by atoms with Gasteiger partial charge < -0.3 is 15.1 Å². The minimum atomic E-state index is -1.18. The predicted molar refractivity (Wildman–Crippen MR) is 81.9 cm³/mol. The van der Waals surface area contributed by atoms with Crippen molar-refractivity contribution in [3.63, 3.8) is 0 Å². The second kappa shape index (κ2) is 6.42. The molecule has 112 valence electrons. The van der Waals surface area contributed by atoms with E-state index in [4.69, 9.17) is 5.11 Å². The van der Waals surface area contributed by atoms with Crippen LogP contribution in [-0.4, -0.2) is 46.0 Å². The molecule has 0 bridgehead atoms. The molecule has 1 aliphatic heterocycles. The van der Waals surface area contributed by atoms with E-state index in [1.165, 1.54) is 4.90 Å². The fraction of sp³-hybridized carbons (Fsp3) is 0.357. The number of hydrogen-bond acceptors (Lipinski definition) is 3. The van der Waals surface area contributed by atoms with E-state index in [9.17, 15) is 19.5 Å². The number of rotatable bonds is 3. The van der Waals surface area contributed by atoms with Crippen molar-refractivity contribution in [3.8, 4) is 0 Å². The number of amides is 1. The molecule has 0 spiro atoms. The lowest BCUT2D eigenvalue weighted by Crippen LogP contribution is -2.48. The average Bonchev–Trinajstić information content (AvgIpc) is 2.46. The first-order valence-electron chi connectivity index (χ1n) is 6.41. The second-order valence-corrected chi connectivity index (χ2v) is 6.07. The van der Waals surface area contributed by atoms with Crippen molar-refractivity contribution in [1.82, 2.24) is 4.90 Å². The van der Waals surface area contributed by atoms with Gasteiger partial charge in [0.1, 0.15) is 0 Å². The monoisotopic (exact) mass is 403 g/mol. The van der Waals surface area contributed by atoms with E-state index in [2.05, 4.69) is 0 Å². The van der Waals surface area contributed by atoms with Crippen LogP contribution < -0.4 is 0 Å². The summed E-state index contributed by atoms with van der Waals surface area (Å²) in [7, 11) is 0. The molecule has 0 aliphatic carbocycles. The van der Waals surface area contributed by atoms with E-state index < -0.39 is 23.8 Å². The van der Waals surface area contributed by atoms with Gasteiger partial charge in [-0.05, 0) is 41.1 Å². The second-order valence-electron chi connectivity index (χ2n) is 4.91. The van der Waals surface area contributed by atoms with Crippen LogP contribution in [0.1, 0.15) is 16.8 Å². The Morgan fingerprint density at radius 2 is 1.71 bits per heavy atom. The number of carboxylic acid groups (broad SMARTS) is 2. The molecule has 0 radical (unpaired) electrons. The number of carbonyl (C=O) groups excluding carboxylic acids is 1. The normalized spacial score (nSPS) is 21.9. The van der Waals surface area contributed by atoms with Gasteiger partial charge in [0.2, 0.25) is 0 Å². The molecule has 1 heterocycles. The third-order valence-corrected chi connectivity index (χ3v) is 4.58. The summed E-state index contributed by atoms with van der Waals surface area (Å²) in [5, 5.41) is 18.3. The molecule has 21 heavy (non-hydrogen) atoms. The van der Waals surface area contributed by atoms with Gasteiger partial charge in [-0.15, -0.1) is 0 Å². The maximum atomic E-state index is 12.4. The molecule has 2 atom stereocenters. The number of likely N-dealkylation sites (tertiary alicyclic amines) is 1. The number of halogens is 1. The van der Waals surface area contributed by atoms with Crippen molar-refractivity contribution < 1.29 is 24.6 Å². The summed E-state index contributed by atoms with van der Waals surface area (Å²) in [6.07, 6.45) is 0.154. The topological polar surface area (TPSA) is 94.9 Å². The van der Waals surface area contributed by atoms with Gasteiger partial charge in [0.05, 0.1) is 17.4 Å². The maximum absolute atomic E-state index is 12.4. The Kier molecular flexibility index (Phi) is 4.81. The fourth-order valence-electron chi connectivity index (χ4n) is 2.49. The van der Waals surface area contributed by atoms with E-state index in [0.717, 1.165) is 3.57 Å². The molecule has 0 saturated carbocycles. The van der Waals surface area contributed by atoms with Crippen LogP contribution in [0.25, 0.3) is 0 Å². The van der Waals surface area contributed by atoms with E-state index >= 15 is 0 Å². The summed E-state index contributed by atoms with van der Waals surface area (Å²) in [6, 6.07) is 7.04. The Morgan fingerprint density at radius 1 is 1.10 bits per heavy atom. The van der Waals surface area contributed by atoms with Crippen LogP contribution >= 0.6 is 22.6 Å². The van der Waals surface area contributed by atoms with E-state index in [1.807, 2.05) is 28.7 Å². The molecule has 2 unspecified atom stereocenters. The summed E-state index contributed by atoms with van der Waals surface area (Å²) in [5.41, 5.74) is 0.510. The van der Waals surface area contributed by atoms with Gasteiger partial charge in [0.25, 0.3) is 5.91 Å².